The SMILES string of the molecule is NC(=O)c1ccc(N)c(Nc2cc(F)c(F)c(F)c2)n1. The van der Waals surface area contributed by atoms with Crippen LogP contribution >= 0.6 is 0 Å². The van der Waals surface area contributed by atoms with Gasteiger partial charge in [0.05, 0.1) is 5.69 Å². The van der Waals surface area contributed by atoms with Crippen LogP contribution in [0.1, 0.15) is 10.5 Å². The van der Waals surface area contributed by atoms with Gasteiger partial charge in [0.1, 0.15) is 5.69 Å². The number of pyridine rings is 1. The van der Waals surface area contributed by atoms with Crippen molar-refractivity contribution < 1.29 is 18.0 Å². The summed E-state index contributed by atoms with van der Waals surface area (Å²) in [4.78, 5) is 14.8. The Morgan fingerprint density at radius 3 is 2.30 bits per heavy atom. The summed E-state index contributed by atoms with van der Waals surface area (Å²) < 4.78 is 39.0. The minimum absolute atomic E-state index is 0.0216. The summed E-state index contributed by atoms with van der Waals surface area (Å²) in [7, 11) is 0. The number of nitrogens with zero attached hydrogens (tertiary/aromatic N) is 1. The molecule has 104 valence electrons. The molecule has 0 saturated carbocycles. The fourth-order valence-corrected chi connectivity index (χ4v) is 1.47. The molecule has 5 nitrogen and oxygen atoms in total. The largest absolute Gasteiger partial charge is 0.396 e. The Hall–Kier alpha value is -2.77. The first-order valence-electron chi connectivity index (χ1n) is 5.36. The zero-order valence-electron chi connectivity index (χ0n) is 9.95. The van der Waals surface area contributed by atoms with Crippen molar-refractivity contribution in [2.75, 3.05) is 11.1 Å². The average molecular weight is 282 g/mol. The molecule has 2 aromatic rings. The predicted octanol–water partition coefficient (Wildman–Crippen LogP) is 1.92. The van der Waals surface area contributed by atoms with Crippen LogP contribution in [0.15, 0.2) is 24.3 Å². The zero-order chi connectivity index (χ0) is 14.9. The quantitative estimate of drug-likeness (QED) is 0.750. The summed E-state index contributed by atoms with van der Waals surface area (Å²) in [6.07, 6.45) is 0. The van der Waals surface area contributed by atoms with Crippen molar-refractivity contribution in [1.82, 2.24) is 4.98 Å². The number of benzene rings is 1. The summed E-state index contributed by atoms with van der Waals surface area (Å²) in [6, 6.07) is 4.12. The number of aromatic nitrogens is 1. The molecule has 20 heavy (non-hydrogen) atoms. The minimum Gasteiger partial charge on any atom is -0.396 e. The second kappa shape index (κ2) is 5.08. The molecular formula is C12H9F3N4O. The van der Waals surface area contributed by atoms with Gasteiger partial charge < -0.3 is 16.8 Å². The predicted molar refractivity (Wildman–Crippen MR) is 66.8 cm³/mol. The van der Waals surface area contributed by atoms with E-state index in [1.165, 1.54) is 12.1 Å². The fourth-order valence-electron chi connectivity index (χ4n) is 1.47. The monoisotopic (exact) mass is 282 g/mol. The molecule has 2 rings (SSSR count). The number of carbonyl (C=O) groups is 1. The Labute approximate surface area is 111 Å². The number of hydrogen-bond donors (Lipinski definition) is 3. The van der Waals surface area contributed by atoms with E-state index in [4.69, 9.17) is 11.5 Å². The van der Waals surface area contributed by atoms with Crippen LogP contribution in [0.25, 0.3) is 0 Å². The summed E-state index contributed by atoms with van der Waals surface area (Å²) in [5.74, 6) is -5.12. The third-order valence-corrected chi connectivity index (χ3v) is 2.43. The van der Waals surface area contributed by atoms with Crippen molar-refractivity contribution in [2.45, 2.75) is 0 Å². The molecule has 0 saturated heterocycles. The number of amides is 1. The Morgan fingerprint density at radius 2 is 1.75 bits per heavy atom. The first-order valence-corrected chi connectivity index (χ1v) is 5.36. The van der Waals surface area contributed by atoms with E-state index in [0.717, 1.165) is 12.1 Å². The molecular weight excluding hydrogens is 273 g/mol. The van der Waals surface area contributed by atoms with Gasteiger partial charge in [-0.25, -0.2) is 18.2 Å². The van der Waals surface area contributed by atoms with Crippen molar-refractivity contribution in [3.8, 4) is 0 Å². The van der Waals surface area contributed by atoms with Crippen molar-refractivity contribution in [3.63, 3.8) is 0 Å². The van der Waals surface area contributed by atoms with E-state index < -0.39 is 23.4 Å². The number of nitrogens with two attached hydrogens (primary N) is 2. The van der Waals surface area contributed by atoms with Crippen LogP contribution < -0.4 is 16.8 Å². The maximum atomic E-state index is 13.1. The molecule has 1 amide bonds. The lowest BCUT2D eigenvalue weighted by Gasteiger charge is -2.10. The van der Waals surface area contributed by atoms with Gasteiger partial charge in [0.15, 0.2) is 23.3 Å². The van der Waals surface area contributed by atoms with Gasteiger partial charge >= 0.3 is 0 Å². The van der Waals surface area contributed by atoms with Gasteiger partial charge in [-0.15, -0.1) is 0 Å². The molecule has 1 heterocycles. The number of nitrogen functional groups attached to an aromatic ring is 1. The van der Waals surface area contributed by atoms with Crippen LogP contribution in [0, 0.1) is 17.5 Å². The second-order valence-electron chi connectivity index (χ2n) is 3.88. The first kappa shape index (κ1) is 13.7. The smallest absolute Gasteiger partial charge is 0.267 e. The molecule has 1 aromatic carbocycles. The third-order valence-electron chi connectivity index (χ3n) is 2.43. The molecule has 0 aliphatic rings. The van der Waals surface area contributed by atoms with E-state index in [1.54, 1.807) is 0 Å². The highest BCUT2D eigenvalue weighted by molar-refractivity contribution is 5.92. The Bertz CT molecular complexity index is 667. The van der Waals surface area contributed by atoms with E-state index >= 15 is 0 Å². The van der Waals surface area contributed by atoms with E-state index in [2.05, 4.69) is 10.3 Å². The molecule has 5 N–H and O–H groups in total. The van der Waals surface area contributed by atoms with E-state index in [0.29, 0.717) is 0 Å². The van der Waals surface area contributed by atoms with Gasteiger partial charge in [-0.1, -0.05) is 0 Å². The normalized spacial score (nSPS) is 10.3. The number of rotatable bonds is 3. The molecule has 0 radical (unpaired) electrons. The number of halogens is 3. The Kier molecular flexibility index (Phi) is 3.47. The summed E-state index contributed by atoms with van der Waals surface area (Å²) >= 11 is 0. The Morgan fingerprint density at radius 1 is 1.15 bits per heavy atom. The summed E-state index contributed by atoms with van der Waals surface area (Å²) in [5.41, 5.74) is 10.6. The number of nitrogens with one attached hydrogen (secondary N) is 1. The van der Waals surface area contributed by atoms with Crippen LogP contribution in [-0.2, 0) is 0 Å². The fraction of sp³-hybridized carbons (Fsp3) is 0. The summed E-state index contributed by atoms with van der Waals surface area (Å²) in [6.45, 7) is 0. The molecule has 8 heteroatoms. The van der Waals surface area contributed by atoms with Crippen LogP contribution in [0.2, 0.25) is 0 Å². The van der Waals surface area contributed by atoms with Gasteiger partial charge in [-0.2, -0.15) is 0 Å². The molecule has 0 atom stereocenters. The van der Waals surface area contributed by atoms with Gasteiger partial charge in [-0.05, 0) is 12.1 Å². The third kappa shape index (κ3) is 2.63. The lowest BCUT2D eigenvalue weighted by atomic mass is 10.2. The number of hydrogen-bond acceptors (Lipinski definition) is 4. The number of carbonyl (C=O) groups excluding carboxylic acids is 1. The van der Waals surface area contributed by atoms with E-state index in [-0.39, 0.29) is 22.9 Å². The molecule has 0 aliphatic carbocycles. The van der Waals surface area contributed by atoms with Crippen molar-refractivity contribution in [3.05, 3.63) is 47.4 Å². The highest BCUT2D eigenvalue weighted by atomic mass is 19.2. The maximum Gasteiger partial charge on any atom is 0.267 e. The number of anilines is 3. The van der Waals surface area contributed by atoms with Crippen molar-refractivity contribution >= 4 is 23.1 Å². The molecule has 0 unspecified atom stereocenters. The average Bonchev–Trinajstić information content (AvgIpc) is 2.38. The molecule has 0 fully saturated rings. The standard InChI is InChI=1S/C12H9F3N4O/c13-6-3-5(4-7(14)10(6)15)18-12-8(16)1-2-9(19-12)11(17)20/h1-4H,16H2,(H2,17,20)(H,18,19). The highest BCUT2D eigenvalue weighted by Crippen LogP contribution is 2.24. The van der Waals surface area contributed by atoms with Crippen LogP contribution in [0.3, 0.4) is 0 Å². The number of primary amides is 1. The topological polar surface area (TPSA) is 94.0 Å². The van der Waals surface area contributed by atoms with Gasteiger partial charge in [-0.3, -0.25) is 4.79 Å². The van der Waals surface area contributed by atoms with E-state index in [1.807, 2.05) is 0 Å². The molecule has 0 bridgehead atoms. The van der Waals surface area contributed by atoms with E-state index in [9.17, 15) is 18.0 Å². The first-order chi connectivity index (χ1) is 9.38. The van der Waals surface area contributed by atoms with Crippen LogP contribution in [0.5, 0.6) is 0 Å². The van der Waals surface area contributed by atoms with Crippen molar-refractivity contribution in [1.29, 1.82) is 0 Å². The van der Waals surface area contributed by atoms with Crippen molar-refractivity contribution in [2.24, 2.45) is 5.73 Å². The lowest BCUT2D eigenvalue weighted by molar-refractivity contribution is 0.0995. The summed E-state index contributed by atoms with van der Waals surface area (Å²) in [5, 5.41) is 2.49. The van der Waals surface area contributed by atoms with Gasteiger partial charge in [0.25, 0.3) is 5.91 Å². The lowest BCUT2D eigenvalue weighted by Crippen LogP contribution is -2.14. The van der Waals surface area contributed by atoms with Crippen LogP contribution in [0.4, 0.5) is 30.4 Å². The Balaban J connectivity index is 2.39. The molecule has 1 aromatic heterocycles. The zero-order valence-corrected chi connectivity index (χ0v) is 9.95. The second-order valence-corrected chi connectivity index (χ2v) is 3.88. The molecule has 0 aliphatic heterocycles. The maximum absolute atomic E-state index is 13.1. The van der Waals surface area contributed by atoms with Gasteiger partial charge in [0.2, 0.25) is 0 Å². The van der Waals surface area contributed by atoms with Crippen LogP contribution in [-0.4, -0.2) is 10.9 Å². The highest BCUT2D eigenvalue weighted by Gasteiger charge is 2.12. The minimum atomic E-state index is -1.58. The van der Waals surface area contributed by atoms with Gasteiger partial charge in [0, 0.05) is 17.8 Å². The molecule has 0 spiro atoms.